The summed E-state index contributed by atoms with van der Waals surface area (Å²) in [6.45, 7) is 4.17. The number of rotatable bonds is 6. The Kier molecular flexibility index (Phi) is 5.88. The molecule has 0 saturated carbocycles. The molecular weight excluding hydrogens is 216 g/mol. The molecule has 0 aliphatic heterocycles. The van der Waals surface area contributed by atoms with Crippen molar-refractivity contribution >= 4 is 11.8 Å². The minimum Gasteiger partial charge on any atom is -0.315 e. The summed E-state index contributed by atoms with van der Waals surface area (Å²) in [4.78, 5) is 3.58. The van der Waals surface area contributed by atoms with Crippen LogP contribution in [-0.4, -0.2) is 38.3 Å². The molecule has 0 aliphatic carbocycles. The minimum absolute atomic E-state index is 0.454. The summed E-state index contributed by atoms with van der Waals surface area (Å²) in [6, 6.07) is 9.31. The van der Waals surface area contributed by atoms with Gasteiger partial charge in [-0.05, 0) is 44.6 Å². The third-order valence-corrected chi connectivity index (χ3v) is 3.46. The summed E-state index contributed by atoms with van der Waals surface area (Å²) in [5.74, 6) is 0. The van der Waals surface area contributed by atoms with Crippen LogP contribution in [0.25, 0.3) is 0 Å². The first-order valence-electron chi connectivity index (χ1n) is 5.70. The van der Waals surface area contributed by atoms with E-state index >= 15 is 0 Å². The Morgan fingerprint density at radius 1 is 1.25 bits per heavy atom. The number of benzene rings is 1. The normalized spacial score (nSPS) is 13.1. The van der Waals surface area contributed by atoms with Crippen LogP contribution in [0.1, 0.15) is 18.5 Å². The summed E-state index contributed by atoms with van der Waals surface area (Å²) >= 11 is 1.79. The number of nitrogens with one attached hydrogen (secondary N) is 1. The number of hydrogen-bond acceptors (Lipinski definition) is 3. The second-order valence-electron chi connectivity index (χ2n) is 4.06. The quantitative estimate of drug-likeness (QED) is 0.767. The van der Waals surface area contributed by atoms with Crippen molar-refractivity contribution in [2.45, 2.75) is 17.9 Å². The summed E-state index contributed by atoms with van der Waals surface area (Å²) in [5, 5.41) is 3.41. The van der Waals surface area contributed by atoms with Gasteiger partial charge < -0.3 is 10.2 Å². The van der Waals surface area contributed by atoms with Crippen LogP contribution in [0.3, 0.4) is 0 Å². The van der Waals surface area contributed by atoms with Gasteiger partial charge in [-0.15, -0.1) is 11.8 Å². The van der Waals surface area contributed by atoms with E-state index in [2.05, 4.69) is 61.8 Å². The second-order valence-corrected chi connectivity index (χ2v) is 4.94. The molecule has 1 atom stereocenters. The van der Waals surface area contributed by atoms with Gasteiger partial charge in [-0.2, -0.15) is 0 Å². The molecule has 16 heavy (non-hydrogen) atoms. The van der Waals surface area contributed by atoms with Crippen LogP contribution in [0.15, 0.2) is 29.2 Å². The lowest BCUT2D eigenvalue weighted by Gasteiger charge is -2.25. The predicted molar refractivity (Wildman–Crippen MR) is 73.2 cm³/mol. The molecule has 1 unspecified atom stereocenters. The van der Waals surface area contributed by atoms with Crippen molar-refractivity contribution in [3.05, 3.63) is 29.8 Å². The Hall–Kier alpha value is -0.510. The van der Waals surface area contributed by atoms with Crippen LogP contribution in [0.4, 0.5) is 0 Å². The van der Waals surface area contributed by atoms with E-state index in [4.69, 9.17) is 0 Å². The van der Waals surface area contributed by atoms with Gasteiger partial charge in [-0.25, -0.2) is 0 Å². The molecule has 0 amide bonds. The van der Waals surface area contributed by atoms with E-state index < -0.39 is 0 Å². The number of likely N-dealkylation sites (N-methyl/N-ethyl adjacent to an activating group) is 2. The largest absolute Gasteiger partial charge is 0.315 e. The predicted octanol–water partition coefficient (Wildman–Crippen LogP) is 2.62. The van der Waals surface area contributed by atoms with Crippen molar-refractivity contribution in [3.63, 3.8) is 0 Å². The van der Waals surface area contributed by atoms with E-state index in [0.717, 1.165) is 13.1 Å². The summed E-state index contributed by atoms with van der Waals surface area (Å²) < 4.78 is 0. The molecule has 0 aliphatic rings. The summed E-state index contributed by atoms with van der Waals surface area (Å²) in [5.41, 5.74) is 1.38. The molecular formula is C13H22N2S. The lowest BCUT2D eigenvalue weighted by molar-refractivity contribution is 0.290. The zero-order chi connectivity index (χ0) is 12.0. The molecule has 1 rings (SSSR count). The van der Waals surface area contributed by atoms with E-state index in [1.54, 1.807) is 11.8 Å². The maximum absolute atomic E-state index is 3.41. The smallest absolute Gasteiger partial charge is 0.0466 e. The van der Waals surface area contributed by atoms with Crippen LogP contribution >= 0.6 is 11.8 Å². The third kappa shape index (κ3) is 3.81. The van der Waals surface area contributed by atoms with Crippen molar-refractivity contribution in [2.24, 2.45) is 0 Å². The zero-order valence-electron chi connectivity index (χ0n) is 10.7. The van der Waals surface area contributed by atoms with E-state index in [1.165, 1.54) is 10.5 Å². The Morgan fingerprint density at radius 2 is 1.88 bits per heavy atom. The fourth-order valence-electron chi connectivity index (χ4n) is 1.71. The van der Waals surface area contributed by atoms with Gasteiger partial charge in [-0.3, -0.25) is 0 Å². The van der Waals surface area contributed by atoms with Crippen LogP contribution < -0.4 is 5.32 Å². The van der Waals surface area contributed by atoms with Gasteiger partial charge in [0, 0.05) is 17.5 Å². The van der Waals surface area contributed by atoms with Crippen molar-refractivity contribution < 1.29 is 0 Å². The molecule has 0 aromatic heterocycles. The highest BCUT2D eigenvalue weighted by Gasteiger charge is 2.12. The Labute approximate surface area is 103 Å². The highest BCUT2D eigenvalue weighted by Crippen LogP contribution is 2.21. The van der Waals surface area contributed by atoms with Crippen molar-refractivity contribution in [2.75, 3.05) is 33.4 Å². The second kappa shape index (κ2) is 6.94. The molecule has 0 radical (unpaired) electrons. The van der Waals surface area contributed by atoms with Gasteiger partial charge in [-0.1, -0.05) is 19.1 Å². The number of hydrogen-bond donors (Lipinski definition) is 1. The first-order valence-corrected chi connectivity index (χ1v) is 6.92. The van der Waals surface area contributed by atoms with Crippen molar-refractivity contribution in [1.29, 1.82) is 0 Å². The molecule has 0 heterocycles. The van der Waals surface area contributed by atoms with Crippen molar-refractivity contribution in [3.8, 4) is 0 Å². The molecule has 90 valence electrons. The molecule has 0 bridgehead atoms. The lowest BCUT2D eigenvalue weighted by Crippen LogP contribution is -2.30. The van der Waals surface area contributed by atoms with Gasteiger partial charge >= 0.3 is 0 Å². The molecule has 1 N–H and O–H groups in total. The lowest BCUT2D eigenvalue weighted by atomic mass is 10.1. The van der Waals surface area contributed by atoms with Gasteiger partial charge in [0.05, 0.1) is 0 Å². The maximum Gasteiger partial charge on any atom is 0.0466 e. The van der Waals surface area contributed by atoms with Crippen molar-refractivity contribution in [1.82, 2.24) is 10.2 Å². The summed E-state index contributed by atoms with van der Waals surface area (Å²) in [6.07, 6.45) is 2.11. The topological polar surface area (TPSA) is 15.3 Å². The van der Waals surface area contributed by atoms with E-state index in [1.807, 2.05) is 0 Å². The SMILES string of the molecule is CCNCC(c1ccc(SC)cc1)N(C)C. The summed E-state index contributed by atoms with van der Waals surface area (Å²) in [7, 11) is 4.26. The number of thioether (sulfide) groups is 1. The Balaban J connectivity index is 2.75. The highest BCUT2D eigenvalue weighted by atomic mass is 32.2. The van der Waals surface area contributed by atoms with E-state index in [9.17, 15) is 0 Å². The highest BCUT2D eigenvalue weighted by molar-refractivity contribution is 7.98. The average Bonchev–Trinajstić information content (AvgIpc) is 2.30. The van der Waals surface area contributed by atoms with Gasteiger partial charge in [0.25, 0.3) is 0 Å². The fraction of sp³-hybridized carbons (Fsp3) is 0.538. The van der Waals surface area contributed by atoms with Crippen LogP contribution in [0.5, 0.6) is 0 Å². The third-order valence-electron chi connectivity index (χ3n) is 2.71. The Bertz CT molecular complexity index is 295. The van der Waals surface area contributed by atoms with Gasteiger partial charge in [0.15, 0.2) is 0 Å². The first-order chi connectivity index (χ1) is 7.69. The molecule has 1 aromatic carbocycles. The minimum atomic E-state index is 0.454. The monoisotopic (exact) mass is 238 g/mol. The van der Waals surface area contributed by atoms with E-state index in [0.29, 0.717) is 6.04 Å². The zero-order valence-corrected chi connectivity index (χ0v) is 11.5. The molecule has 1 aromatic rings. The molecule has 2 nitrogen and oxygen atoms in total. The van der Waals surface area contributed by atoms with Crippen LogP contribution in [0, 0.1) is 0 Å². The van der Waals surface area contributed by atoms with Crippen LogP contribution in [0.2, 0.25) is 0 Å². The van der Waals surface area contributed by atoms with Crippen LogP contribution in [-0.2, 0) is 0 Å². The van der Waals surface area contributed by atoms with Gasteiger partial charge in [0.2, 0.25) is 0 Å². The number of nitrogens with zero attached hydrogens (tertiary/aromatic N) is 1. The molecule has 0 saturated heterocycles. The van der Waals surface area contributed by atoms with Gasteiger partial charge in [0.1, 0.15) is 0 Å². The molecule has 3 heteroatoms. The fourth-order valence-corrected chi connectivity index (χ4v) is 2.11. The Morgan fingerprint density at radius 3 is 2.31 bits per heavy atom. The standard InChI is InChI=1S/C13H22N2S/c1-5-14-10-13(15(2)3)11-6-8-12(16-4)9-7-11/h6-9,13-14H,5,10H2,1-4H3. The average molecular weight is 238 g/mol. The first kappa shape index (κ1) is 13.6. The molecule has 0 spiro atoms. The van der Waals surface area contributed by atoms with E-state index in [-0.39, 0.29) is 0 Å². The maximum atomic E-state index is 3.41. The molecule has 0 fully saturated rings.